The average Bonchev–Trinajstić information content (AvgIpc) is 2.89. The van der Waals surface area contributed by atoms with Gasteiger partial charge >= 0.3 is 11.9 Å². The highest BCUT2D eigenvalue weighted by atomic mass is 16.5. The minimum Gasteiger partial charge on any atom is -0.426 e. The molecule has 35 heavy (non-hydrogen) atoms. The molecule has 0 fully saturated rings. The van der Waals surface area contributed by atoms with E-state index >= 15 is 0 Å². The van der Waals surface area contributed by atoms with E-state index in [4.69, 9.17) is 9.47 Å². The van der Waals surface area contributed by atoms with Crippen LogP contribution >= 0.6 is 0 Å². The number of fused-ring (bicyclic) bond motifs is 1. The smallest absolute Gasteiger partial charge is 0.314 e. The Hall–Kier alpha value is -3.14. The second-order valence-corrected chi connectivity index (χ2v) is 9.44. The average molecular weight is 475 g/mol. The van der Waals surface area contributed by atoms with Gasteiger partial charge in [-0.15, -0.1) is 0 Å². The number of benzene rings is 3. The van der Waals surface area contributed by atoms with Gasteiger partial charge in [0.2, 0.25) is 0 Å². The molecule has 3 aromatic carbocycles. The van der Waals surface area contributed by atoms with Crippen molar-refractivity contribution in [3.05, 3.63) is 60.2 Å². The monoisotopic (exact) mass is 474 g/mol. The van der Waals surface area contributed by atoms with Crippen LogP contribution in [0.15, 0.2) is 54.6 Å². The zero-order chi connectivity index (χ0) is 25.4. The Morgan fingerprint density at radius 1 is 0.686 bits per heavy atom. The molecule has 0 bridgehead atoms. The third kappa shape index (κ3) is 6.72. The van der Waals surface area contributed by atoms with Gasteiger partial charge in [-0.2, -0.15) is 0 Å². The van der Waals surface area contributed by atoms with Crippen molar-refractivity contribution in [1.82, 2.24) is 0 Å². The van der Waals surface area contributed by atoms with Crippen LogP contribution < -0.4 is 9.47 Å². The van der Waals surface area contributed by atoms with Crippen molar-refractivity contribution in [1.29, 1.82) is 0 Å². The molecule has 0 saturated carbocycles. The van der Waals surface area contributed by atoms with Crippen LogP contribution in [0.2, 0.25) is 0 Å². The molecule has 0 aliphatic rings. The first-order valence-electron chi connectivity index (χ1n) is 13.0. The maximum atomic E-state index is 12.6. The van der Waals surface area contributed by atoms with Gasteiger partial charge in [0.1, 0.15) is 11.5 Å². The Kier molecular flexibility index (Phi) is 9.47. The Balaban J connectivity index is 2.00. The molecule has 3 aromatic rings. The zero-order valence-electron chi connectivity index (χ0n) is 21.7. The molecule has 4 nitrogen and oxygen atoms in total. The normalized spacial score (nSPS) is 12.8. The van der Waals surface area contributed by atoms with Gasteiger partial charge in [0.25, 0.3) is 0 Å². The highest BCUT2D eigenvalue weighted by Gasteiger charge is 2.19. The van der Waals surface area contributed by atoms with Crippen LogP contribution in [0.25, 0.3) is 21.9 Å². The summed E-state index contributed by atoms with van der Waals surface area (Å²) in [6.45, 7) is 9.86. The molecule has 4 heteroatoms. The summed E-state index contributed by atoms with van der Waals surface area (Å²) in [5, 5.41) is 1.50. The molecule has 0 aliphatic heterocycles. The fraction of sp³-hybridized carbons (Fsp3) is 0.419. The van der Waals surface area contributed by atoms with Gasteiger partial charge in [-0.05, 0) is 66.6 Å². The van der Waals surface area contributed by atoms with Gasteiger partial charge in [0.15, 0.2) is 0 Å². The summed E-state index contributed by atoms with van der Waals surface area (Å²) < 4.78 is 11.5. The lowest BCUT2D eigenvalue weighted by Crippen LogP contribution is -2.18. The number of aryl methyl sites for hydroxylation is 1. The zero-order valence-corrected chi connectivity index (χ0v) is 21.7. The van der Waals surface area contributed by atoms with Crippen molar-refractivity contribution < 1.29 is 19.1 Å². The number of esters is 2. The van der Waals surface area contributed by atoms with E-state index in [1.54, 1.807) is 12.1 Å². The summed E-state index contributed by atoms with van der Waals surface area (Å²) in [6.07, 6.45) is 6.17. The fourth-order valence-corrected chi connectivity index (χ4v) is 3.85. The third-order valence-corrected chi connectivity index (χ3v) is 6.74. The minimum atomic E-state index is -0.264. The Morgan fingerprint density at radius 2 is 1.23 bits per heavy atom. The van der Waals surface area contributed by atoms with Gasteiger partial charge < -0.3 is 9.47 Å². The molecule has 0 heterocycles. The first-order valence-corrected chi connectivity index (χ1v) is 13.0. The first-order chi connectivity index (χ1) is 16.9. The Labute approximate surface area is 209 Å². The summed E-state index contributed by atoms with van der Waals surface area (Å²) >= 11 is 0. The van der Waals surface area contributed by atoms with Crippen LogP contribution in [-0.2, 0) is 16.0 Å². The second kappa shape index (κ2) is 12.5. The topological polar surface area (TPSA) is 52.6 Å². The van der Waals surface area contributed by atoms with Crippen LogP contribution in [0.5, 0.6) is 11.5 Å². The van der Waals surface area contributed by atoms with Crippen molar-refractivity contribution >= 4 is 22.7 Å². The summed E-state index contributed by atoms with van der Waals surface area (Å²) in [4.78, 5) is 25.1. The predicted molar refractivity (Wildman–Crippen MR) is 143 cm³/mol. The van der Waals surface area contributed by atoms with Crippen LogP contribution in [0, 0.1) is 11.8 Å². The van der Waals surface area contributed by atoms with E-state index in [1.165, 1.54) is 24.8 Å². The van der Waals surface area contributed by atoms with Crippen LogP contribution in [0.3, 0.4) is 0 Å². The molecule has 0 aromatic heterocycles. The molecule has 3 rings (SSSR count). The molecule has 0 N–H and O–H groups in total. The van der Waals surface area contributed by atoms with Crippen molar-refractivity contribution in [3.63, 3.8) is 0 Å². The van der Waals surface area contributed by atoms with Crippen molar-refractivity contribution in [2.75, 3.05) is 0 Å². The lowest BCUT2D eigenvalue weighted by molar-refractivity contribution is -0.139. The van der Waals surface area contributed by atoms with E-state index in [0.717, 1.165) is 28.3 Å². The largest absolute Gasteiger partial charge is 0.426 e. The van der Waals surface area contributed by atoms with Crippen LogP contribution in [0.1, 0.15) is 72.3 Å². The quantitative estimate of drug-likeness (QED) is 0.160. The third-order valence-electron chi connectivity index (χ3n) is 6.74. The SMILES string of the molecule is CCCCCc1ccc(-c2ccc3c(OC(=O)C(C)CC)ccc(OC(=O)C(C)CC)c3c2)cc1. The molecular formula is C31H38O4. The molecule has 0 radical (unpaired) electrons. The van der Waals surface area contributed by atoms with E-state index < -0.39 is 0 Å². The Morgan fingerprint density at radius 3 is 1.77 bits per heavy atom. The standard InChI is InChI=1S/C31H38O4/c1-6-9-10-11-23-12-14-24(15-13-23)25-16-17-26-27(20-25)29(35-31(33)22(5)8-3)19-18-28(26)34-30(32)21(4)7-2/h12-22H,6-11H2,1-5H3. The van der Waals surface area contributed by atoms with Crippen LogP contribution in [0.4, 0.5) is 0 Å². The lowest BCUT2D eigenvalue weighted by Gasteiger charge is -2.16. The van der Waals surface area contributed by atoms with E-state index in [2.05, 4.69) is 31.2 Å². The van der Waals surface area contributed by atoms with Gasteiger partial charge in [0.05, 0.1) is 11.8 Å². The van der Waals surface area contributed by atoms with Gasteiger partial charge in [0, 0.05) is 10.8 Å². The lowest BCUT2D eigenvalue weighted by atomic mass is 9.98. The first kappa shape index (κ1) is 26.5. The van der Waals surface area contributed by atoms with E-state index in [0.29, 0.717) is 24.3 Å². The maximum absolute atomic E-state index is 12.6. The number of hydrogen-bond donors (Lipinski definition) is 0. The number of unbranched alkanes of at least 4 members (excludes halogenated alkanes) is 2. The maximum Gasteiger partial charge on any atom is 0.314 e. The number of hydrogen-bond acceptors (Lipinski definition) is 4. The fourth-order valence-electron chi connectivity index (χ4n) is 3.85. The molecule has 0 amide bonds. The minimum absolute atomic E-state index is 0.192. The van der Waals surface area contributed by atoms with Gasteiger partial charge in [-0.25, -0.2) is 0 Å². The summed E-state index contributed by atoms with van der Waals surface area (Å²) in [6, 6.07) is 18.1. The predicted octanol–water partition coefficient (Wildman–Crippen LogP) is 8.14. The van der Waals surface area contributed by atoms with Gasteiger partial charge in [-0.1, -0.05) is 77.8 Å². The number of carbonyl (C=O) groups excluding carboxylic acids is 2. The summed E-state index contributed by atoms with van der Waals surface area (Å²) in [7, 11) is 0. The van der Waals surface area contributed by atoms with E-state index in [-0.39, 0.29) is 23.8 Å². The highest BCUT2D eigenvalue weighted by molar-refractivity contribution is 5.98. The molecule has 0 saturated heterocycles. The summed E-state index contributed by atoms with van der Waals surface area (Å²) in [5.74, 6) is 0.0403. The van der Waals surface area contributed by atoms with Gasteiger partial charge in [-0.3, -0.25) is 9.59 Å². The van der Waals surface area contributed by atoms with Crippen molar-refractivity contribution in [3.8, 4) is 22.6 Å². The second-order valence-electron chi connectivity index (χ2n) is 9.44. The number of carbonyl (C=O) groups is 2. The van der Waals surface area contributed by atoms with E-state index in [1.807, 2.05) is 45.9 Å². The molecule has 2 unspecified atom stereocenters. The molecule has 2 atom stereocenters. The molecule has 0 spiro atoms. The number of ether oxygens (including phenoxy) is 2. The van der Waals surface area contributed by atoms with Crippen molar-refractivity contribution in [2.24, 2.45) is 11.8 Å². The molecular weight excluding hydrogens is 436 g/mol. The highest BCUT2D eigenvalue weighted by Crippen LogP contribution is 2.37. The van der Waals surface area contributed by atoms with E-state index in [9.17, 15) is 9.59 Å². The van der Waals surface area contributed by atoms with Crippen molar-refractivity contribution in [2.45, 2.75) is 73.1 Å². The Bertz CT molecular complexity index is 1150. The molecule has 0 aliphatic carbocycles. The summed E-state index contributed by atoms with van der Waals surface area (Å²) in [5.41, 5.74) is 3.45. The van der Waals surface area contributed by atoms with Crippen LogP contribution in [-0.4, -0.2) is 11.9 Å². The number of rotatable bonds is 11. The molecule has 186 valence electrons.